The van der Waals surface area contributed by atoms with E-state index in [1.54, 1.807) is 14.2 Å². The largest absolute Gasteiger partial charge is 0.497 e. The summed E-state index contributed by atoms with van der Waals surface area (Å²) >= 11 is 4.91. The molecule has 0 bridgehead atoms. The fourth-order valence-corrected chi connectivity index (χ4v) is 3.19. The molecule has 24 heavy (non-hydrogen) atoms. The number of aromatic nitrogens is 2. The first-order chi connectivity index (χ1) is 11.7. The Morgan fingerprint density at radius 2 is 1.83 bits per heavy atom. The molecule has 124 valence electrons. The van der Waals surface area contributed by atoms with Gasteiger partial charge < -0.3 is 14.8 Å². The van der Waals surface area contributed by atoms with Crippen LogP contribution in [0.5, 0.6) is 11.5 Å². The summed E-state index contributed by atoms with van der Waals surface area (Å²) in [6.07, 6.45) is 0. The predicted octanol–water partition coefficient (Wildman–Crippen LogP) is 4.60. The number of rotatable bonds is 6. The molecule has 1 heterocycles. The number of nitrogens with one attached hydrogen (secondary N) is 1. The Morgan fingerprint density at radius 1 is 1.04 bits per heavy atom. The van der Waals surface area contributed by atoms with Crippen molar-refractivity contribution in [3.05, 3.63) is 52.5 Å². The molecule has 0 aliphatic heterocycles. The minimum absolute atomic E-state index is 0.692. The van der Waals surface area contributed by atoms with Crippen LogP contribution in [0.15, 0.2) is 46.9 Å². The molecule has 0 unspecified atom stereocenters. The van der Waals surface area contributed by atoms with Crippen LogP contribution in [0.4, 0.5) is 5.13 Å². The summed E-state index contributed by atoms with van der Waals surface area (Å²) in [6.45, 7) is 0.692. The zero-order chi connectivity index (χ0) is 16.9. The second-order valence-electron chi connectivity index (χ2n) is 4.96. The summed E-state index contributed by atoms with van der Waals surface area (Å²) in [6, 6.07) is 13.8. The van der Waals surface area contributed by atoms with Gasteiger partial charge in [-0.05, 0) is 35.9 Å². The summed E-state index contributed by atoms with van der Waals surface area (Å²) in [5.74, 6) is 1.50. The summed E-state index contributed by atoms with van der Waals surface area (Å²) < 4.78 is 11.8. The first-order valence-corrected chi connectivity index (χ1v) is 8.85. The average Bonchev–Trinajstić information content (AvgIpc) is 3.09. The molecular formula is C17H16BrN3O2S. The van der Waals surface area contributed by atoms with Gasteiger partial charge in [0, 0.05) is 11.0 Å². The van der Waals surface area contributed by atoms with E-state index in [2.05, 4.69) is 43.6 Å². The molecule has 0 atom stereocenters. The maximum Gasteiger partial charge on any atom is 0.206 e. The summed E-state index contributed by atoms with van der Waals surface area (Å²) in [5, 5.41) is 13.3. The maximum atomic E-state index is 5.41. The van der Waals surface area contributed by atoms with Gasteiger partial charge in [-0.2, -0.15) is 0 Å². The van der Waals surface area contributed by atoms with Crippen LogP contribution in [-0.4, -0.2) is 24.4 Å². The van der Waals surface area contributed by atoms with E-state index in [1.165, 1.54) is 16.9 Å². The van der Waals surface area contributed by atoms with E-state index < -0.39 is 0 Å². The number of nitrogens with zero attached hydrogens (tertiary/aromatic N) is 2. The van der Waals surface area contributed by atoms with E-state index in [-0.39, 0.29) is 0 Å². The third-order valence-corrected chi connectivity index (χ3v) is 4.86. The van der Waals surface area contributed by atoms with Gasteiger partial charge >= 0.3 is 0 Å². The monoisotopic (exact) mass is 405 g/mol. The number of hydrogen-bond donors (Lipinski definition) is 1. The highest BCUT2D eigenvalue weighted by Crippen LogP contribution is 2.36. The van der Waals surface area contributed by atoms with E-state index in [0.29, 0.717) is 6.54 Å². The standard InChI is InChI=1S/C17H16BrN3O2S/c1-22-13-7-8-15(23-2)14(9-13)16-20-21-17(24-16)19-10-11-3-5-12(18)6-4-11/h3-9H,10H2,1-2H3,(H,19,21). The van der Waals surface area contributed by atoms with Crippen LogP contribution in [0.3, 0.4) is 0 Å². The van der Waals surface area contributed by atoms with Crippen LogP contribution >= 0.6 is 27.3 Å². The van der Waals surface area contributed by atoms with Crippen LogP contribution in [0, 0.1) is 0 Å². The van der Waals surface area contributed by atoms with Crippen LogP contribution in [0.1, 0.15) is 5.56 Å². The molecular weight excluding hydrogens is 390 g/mol. The third kappa shape index (κ3) is 3.85. The first kappa shape index (κ1) is 16.7. The van der Waals surface area contributed by atoms with Crippen molar-refractivity contribution >= 4 is 32.4 Å². The lowest BCUT2D eigenvalue weighted by Gasteiger charge is -2.07. The van der Waals surface area contributed by atoms with Crippen molar-refractivity contribution in [2.24, 2.45) is 0 Å². The Labute approximate surface area is 152 Å². The van der Waals surface area contributed by atoms with Gasteiger partial charge in [-0.1, -0.05) is 39.4 Å². The van der Waals surface area contributed by atoms with E-state index in [0.717, 1.165) is 31.7 Å². The molecule has 0 radical (unpaired) electrons. The number of halogens is 1. The minimum atomic E-state index is 0.692. The van der Waals surface area contributed by atoms with Crippen molar-refractivity contribution in [3.63, 3.8) is 0 Å². The molecule has 3 aromatic rings. The maximum absolute atomic E-state index is 5.41. The Kier molecular flexibility index (Phi) is 5.32. The molecule has 0 saturated heterocycles. The van der Waals surface area contributed by atoms with Gasteiger partial charge in [0.1, 0.15) is 11.5 Å². The van der Waals surface area contributed by atoms with Crippen molar-refractivity contribution in [2.45, 2.75) is 6.54 Å². The van der Waals surface area contributed by atoms with Crippen molar-refractivity contribution in [2.75, 3.05) is 19.5 Å². The van der Waals surface area contributed by atoms with Crippen molar-refractivity contribution in [1.29, 1.82) is 0 Å². The lowest BCUT2D eigenvalue weighted by atomic mass is 10.2. The molecule has 1 aromatic heterocycles. The smallest absolute Gasteiger partial charge is 0.206 e. The molecule has 5 nitrogen and oxygen atoms in total. The summed E-state index contributed by atoms with van der Waals surface area (Å²) in [4.78, 5) is 0. The molecule has 0 aliphatic rings. The minimum Gasteiger partial charge on any atom is -0.497 e. The van der Waals surface area contributed by atoms with Crippen molar-refractivity contribution in [3.8, 4) is 22.1 Å². The molecule has 0 spiro atoms. The molecule has 2 aromatic carbocycles. The molecule has 0 aliphatic carbocycles. The number of hydrogen-bond acceptors (Lipinski definition) is 6. The van der Waals surface area contributed by atoms with E-state index in [9.17, 15) is 0 Å². The summed E-state index contributed by atoms with van der Waals surface area (Å²) in [7, 11) is 3.27. The van der Waals surface area contributed by atoms with Gasteiger partial charge in [-0.25, -0.2) is 0 Å². The van der Waals surface area contributed by atoms with Crippen LogP contribution in [-0.2, 0) is 6.54 Å². The first-order valence-electron chi connectivity index (χ1n) is 7.24. The number of ether oxygens (including phenoxy) is 2. The normalized spacial score (nSPS) is 10.5. The Balaban J connectivity index is 1.76. The number of anilines is 1. The van der Waals surface area contributed by atoms with E-state index in [1.807, 2.05) is 30.3 Å². The lowest BCUT2D eigenvalue weighted by Crippen LogP contribution is -1.98. The predicted molar refractivity (Wildman–Crippen MR) is 99.9 cm³/mol. The second-order valence-corrected chi connectivity index (χ2v) is 6.85. The van der Waals surface area contributed by atoms with E-state index in [4.69, 9.17) is 9.47 Å². The van der Waals surface area contributed by atoms with E-state index >= 15 is 0 Å². The van der Waals surface area contributed by atoms with Gasteiger partial charge in [-0.15, -0.1) is 10.2 Å². The molecule has 0 saturated carbocycles. The van der Waals surface area contributed by atoms with Crippen molar-refractivity contribution < 1.29 is 9.47 Å². The SMILES string of the molecule is COc1ccc(OC)c(-c2nnc(NCc3ccc(Br)cc3)s2)c1. The van der Waals surface area contributed by atoms with Gasteiger partial charge in [0.15, 0.2) is 5.01 Å². The van der Waals surface area contributed by atoms with Gasteiger partial charge in [0.25, 0.3) is 0 Å². The fraction of sp³-hybridized carbons (Fsp3) is 0.176. The molecule has 1 N–H and O–H groups in total. The van der Waals surface area contributed by atoms with Crippen molar-refractivity contribution in [1.82, 2.24) is 10.2 Å². The number of methoxy groups -OCH3 is 2. The lowest BCUT2D eigenvalue weighted by molar-refractivity contribution is 0.404. The molecule has 0 amide bonds. The topological polar surface area (TPSA) is 56.3 Å². The zero-order valence-electron chi connectivity index (χ0n) is 13.2. The summed E-state index contributed by atoms with van der Waals surface area (Å²) in [5.41, 5.74) is 2.04. The van der Waals surface area contributed by atoms with Gasteiger partial charge in [-0.3, -0.25) is 0 Å². The molecule has 3 rings (SSSR count). The zero-order valence-corrected chi connectivity index (χ0v) is 15.6. The van der Waals surface area contributed by atoms with Crippen LogP contribution in [0.25, 0.3) is 10.6 Å². The van der Waals surface area contributed by atoms with Crippen LogP contribution < -0.4 is 14.8 Å². The van der Waals surface area contributed by atoms with Gasteiger partial charge in [0.2, 0.25) is 5.13 Å². The molecule has 7 heteroatoms. The third-order valence-electron chi connectivity index (χ3n) is 3.42. The highest BCUT2D eigenvalue weighted by Gasteiger charge is 2.13. The van der Waals surface area contributed by atoms with Crippen LogP contribution in [0.2, 0.25) is 0 Å². The molecule has 0 fully saturated rings. The number of benzene rings is 2. The Morgan fingerprint density at radius 3 is 2.54 bits per heavy atom. The fourth-order valence-electron chi connectivity index (χ4n) is 2.16. The quantitative estimate of drug-likeness (QED) is 0.649. The Hall–Kier alpha value is -2.12. The highest BCUT2D eigenvalue weighted by atomic mass is 79.9. The second kappa shape index (κ2) is 7.63. The average molecular weight is 406 g/mol. The Bertz CT molecular complexity index is 821. The van der Waals surface area contributed by atoms with Gasteiger partial charge in [0.05, 0.1) is 19.8 Å². The highest BCUT2D eigenvalue weighted by molar-refractivity contribution is 9.10.